The Morgan fingerprint density at radius 2 is 1.77 bits per heavy atom. The summed E-state index contributed by atoms with van der Waals surface area (Å²) in [4.78, 5) is 4.29. The first-order valence-corrected chi connectivity index (χ1v) is 9.44. The maximum absolute atomic E-state index is 14.6. The molecule has 0 aliphatic carbocycles. The summed E-state index contributed by atoms with van der Waals surface area (Å²) in [6.45, 7) is 3.97. The second-order valence-corrected chi connectivity index (χ2v) is 6.72. The molecular weight excluding hydrogens is 399 g/mol. The number of nitrogens with zero attached hydrogens (tertiary/aromatic N) is 1. The molecule has 0 radical (unpaired) electrons. The fourth-order valence-electron chi connectivity index (χ4n) is 3.05. The van der Waals surface area contributed by atoms with E-state index in [1.165, 1.54) is 18.2 Å². The van der Waals surface area contributed by atoms with Gasteiger partial charge in [0.15, 0.2) is 11.6 Å². The normalized spacial score (nSPS) is 10.4. The van der Waals surface area contributed by atoms with E-state index in [-0.39, 0.29) is 10.9 Å². The first kappa shape index (κ1) is 20.2. The smallest absolute Gasteiger partial charge is 0.166 e. The van der Waals surface area contributed by atoms with Crippen LogP contribution in [0.2, 0.25) is 0 Å². The fourth-order valence-corrected chi connectivity index (χ4v) is 3.05. The molecule has 3 aromatic carbocycles. The first-order chi connectivity index (χ1) is 15.0. The highest BCUT2D eigenvalue weighted by molar-refractivity contribution is 5.84. The Bertz CT molecular complexity index is 1330. The van der Waals surface area contributed by atoms with Gasteiger partial charge >= 0.3 is 0 Å². The molecule has 1 aromatic heterocycles. The van der Waals surface area contributed by atoms with Gasteiger partial charge in [-0.15, -0.1) is 0 Å². The molecule has 0 bridgehead atoms. The highest BCUT2D eigenvalue weighted by Gasteiger charge is 2.08. The standard InChI is InChI=1S/C26H16F3NO/c1-2-13-31-21-9-12-25(30-16-21)20-7-6-18(24(28)15-20)5-3-17-4-10-22-19(14-17)8-11-23(27)26(22)29/h2,4,6-12,14-16H,1,13H2. The largest absolute Gasteiger partial charge is 0.488 e. The van der Waals surface area contributed by atoms with E-state index in [9.17, 15) is 13.2 Å². The van der Waals surface area contributed by atoms with Crippen LogP contribution in [0, 0.1) is 29.3 Å². The van der Waals surface area contributed by atoms with Crippen molar-refractivity contribution in [3.63, 3.8) is 0 Å². The molecule has 0 spiro atoms. The third kappa shape index (κ3) is 4.44. The zero-order valence-corrected chi connectivity index (χ0v) is 16.3. The molecule has 0 atom stereocenters. The average molecular weight is 415 g/mol. The van der Waals surface area contributed by atoms with Crippen molar-refractivity contribution in [1.82, 2.24) is 4.98 Å². The van der Waals surface area contributed by atoms with Crippen LogP contribution in [0.25, 0.3) is 22.0 Å². The number of hydrogen-bond acceptors (Lipinski definition) is 2. The van der Waals surface area contributed by atoms with Gasteiger partial charge in [-0.05, 0) is 47.9 Å². The first-order valence-electron chi connectivity index (χ1n) is 9.44. The molecule has 1 heterocycles. The quantitative estimate of drug-likeness (QED) is 0.289. The van der Waals surface area contributed by atoms with E-state index in [0.717, 1.165) is 6.07 Å². The summed E-state index contributed by atoms with van der Waals surface area (Å²) in [6.07, 6.45) is 3.21. The van der Waals surface area contributed by atoms with Gasteiger partial charge in [0.2, 0.25) is 0 Å². The highest BCUT2D eigenvalue weighted by atomic mass is 19.2. The lowest BCUT2D eigenvalue weighted by Crippen LogP contribution is -1.94. The van der Waals surface area contributed by atoms with Crippen LogP contribution in [-0.2, 0) is 0 Å². The van der Waals surface area contributed by atoms with Crippen LogP contribution >= 0.6 is 0 Å². The van der Waals surface area contributed by atoms with Crippen LogP contribution in [-0.4, -0.2) is 11.6 Å². The van der Waals surface area contributed by atoms with Gasteiger partial charge in [0, 0.05) is 16.5 Å². The third-order valence-corrected chi connectivity index (χ3v) is 4.62. The molecule has 2 nitrogen and oxygen atoms in total. The topological polar surface area (TPSA) is 22.1 Å². The Kier molecular flexibility index (Phi) is 5.72. The molecule has 31 heavy (non-hydrogen) atoms. The zero-order chi connectivity index (χ0) is 21.8. The number of fused-ring (bicyclic) bond motifs is 1. The van der Waals surface area contributed by atoms with Crippen LogP contribution in [0.3, 0.4) is 0 Å². The van der Waals surface area contributed by atoms with E-state index in [1.807, 2.05) is 0 Å². The van der Waals surface area contributed by atoms with Crippen molar-refractivity contribution in [1.29, 1.82) is 0 Å². The zero-order valence-electron chi connectivity index (χ0n) is 16.3. The Morgan fingerprint density at radius 3 is 2.52 bits per heavy atom. The summed E-state index contributed by atoms with van der Waals surface area (Å²) in [5.74, 6) is 3.98. The minimum Gasteiger partial charge on any atom is -0.488 e. The van der Waals surface area contributed by atoms with Crippen LogP contribution in [0.4, 0.5) is 13.2 Å². The molecule has 0 amide bonds. The van der Waals surface area contributed by atoms with Gasteiger partial charge in [-0.2, -0.15) is 0 Å². The Balaban J connectivity index is 1.57. The van der Waals surface area contributed by atoms with Gasteiger partial charge in [-0.3, -0.25) is 4.98 Å². The minimum absolute atomic E-state index is 0.175. The highest BCUT2D eigenvalue weighted by Crippen LogP contribution is 2.23. The van der Waals surface area contributed by atoms with Gasteiger partial charge in [0.1, 0.15) is 18.2 Å². The number of hydrogen-bond donors (Lipinski definition) is 0. The van der Waals surface area contributed by atoms with E-state index in [2.05, 4.69) is 23.4 Å². The molecule has 5 heteroatoms. The van der Waals surface area contributed by atoms with Crippen molar-refractivity contribution >= 4 is 10.8 Å². The monoisotopic (exact) mass is 415 g/mol. The second kappa shape index (κ2) is 8.76. The number of aromatic nitrogens is 1. The Morgan fingerprint density at radius 1 is 0.903 bits per heavy atom. The predicted molar refractivity (Wildman–Crippen MR) is 115 cm³/mol. The van der Waals surface area contributed by atoms with Crippen LogP contribution in [0.15, 0.2) is 79.5 Å². The fraction of sp³-hybridized carbons (Fsp3) is 0.0385. The summed E-state index contributed by atoms with van der Waals surface area (Å²) in [6, 6.07) is 15.4. The van der Waals surface area contributed by atoms with Gasteiger partial charge in [0.05, 0.1) is 17.5 Å². The molecular formula is C26H16F3NO. The minimum atomic E-state index is -0.901. The number of ether oxygens (including phenoxy) is 1. The van der Waals surface area contributed by atoms with Crippen LogP contribution < -0.4 is 4.74 Å². The molecule has 0 saturated heterocycles. The Labute approximate surface area is 177 Å². The average Bonchev–Trinajstić information content (AvgIpc) is 2.79. The molecule has 0 aliphatic heterocycles. The molecule has 0 saturated carbocycles. The van der Waals surface area contributed by atoms with Gasteiger partial charge in [0.25, 0.3) is 0 Å². The molecule has 0 fully saturated rings. The van der Waals surface area contributed by atoms with E-state index in [1.54, 1.807) is 48.7 Å². The summed E-state index contributed by atoms with van der Waals surface area (Å²) in [5.41, 5.74) is 2.01. The summed E-state index contributed by atoms with van der Waals surface area (Å²) >= 11 is 0. The Hall–Kier alpha value is -4.04. The molecule has 4 rings (SSSR count). The van der Waals surface area contributed by atoms with Gasteiger partial charge in [-0.25, -0.2) is 13.2 Å². The van der Waals surface area contributed by atoms with Crippen LogP contribution in [0.1, 0.15) is 11.1 Å². The number of rotatable bonds is 4. The van der Waals surface area contributed by atoms with Gasteiger partial charge < -0.3 is 4.74 Å². The molecule has 4 aromatic rings. The van der Waals surface area contributed by atoms with Crippen molar-refractivity contribution in [3.8, 4) is 28.8 Å². The number of pyridine rings is 1. The molecule has 0 aliphatic rings. The third-order valence-electron chi connectivity index (χ3n) is 4.62. The van der Waals surface area contributed by atoms with Crippen molar-refractivity contribution in [2.24, 2.45) is 0 Å². The molecule has 0 unspecified atom stereocenters. The summed E-state index contributed by atoms with van der Waals surface area (Å²) < 4.78 is 47.1. The predicted octanol–water partition coefficient (Wildman–Crippen LogP) is 6.28. The van der Waals surface area contributed by atoms with E-state index < -0.39 is 17.5 Å². The van der Waals surface area contributed by atoms with E-state index >= 15 is 0 Å². The number of benzene rings is 3. The summed E-state index contributed by atoms with van der Waals surface area (Å²) in [7, 11) is 0. The van der Waals surface area contributed by atoms with Crippen LogP contribution in [0.5, 0.6) is 5.75 Å². The van der Waals surface area contributed by atoms with Crippen molar-refractivity contribution in [2.75, 3.05) is 6.61 Å². The SMILES string of the molecule is C=CCOc1ccc(-c2ccc(C#Cc3ccc4c(F)c(F)ccc4c3)c(F)c2)nc1. The summed E-state index contributed by atoms with van der Waals surface area (Å²) in [5, 5.41) is 0.697. The number of halogens is 3. The van der Waals surface area contributed by atoms with Crippen molar-refractivity contribution in [3.05, 3.63) is 108 Å². The second-order valence-electron chi connectivity index (χ2n) is 6.72. The lowest BCUT2D eigenvalue weighted by Gasteiger charge is -2.05. The lowest BCUT2D eigenvalue weighted by atomic mass is 10.1. The van der Waals surface area contributed by atoms with Crippen molar-refractivity contribution < 1.29 is 17.9 Å². The van der Waals surface area contributed by atoms with E-state index in [0.29, 0.717) is 34.6 Å². The maximum Gasteiger partial charge on any atom is 0.166 e. The van der Waals surface area contributed by atoms with Crippen molar-refractivity contribution in [2.45, 2.75) is 0 Å². The lowest BCUT2D eigenvalue weighted by molar-refractivity contribution is 0.362. The molecule has 152 valence electrons. The maximum atomic E-state index is 14.6. The molecule has 0 N–H and O–H groups in total. The van der Waals surface area contributed by atoms with E-state index in [4.69, 9.17) is 4.74 Å². The van der Waals surface area contributed by atoms with Gasteiger partial charge in [-0.1, -0.05) is 42.7 Å².